The number of carbonyl (C=O) groups is 1. The van der Waals surface area contributed by atoms with Gasteiger partial charge < -0.3 is 10.1 Å². The second kappa shape index (κ2) is 5.29. The molecule has 0 fully saturated rings. The minimum absolute atomic E-state index is 0.0836. The fourth-order valence-electron chi connectivity index (χ4n) is 2.39. The van der Waals surface area contributed by atoms with E-state index in [0.29, 0.717) is 12.2 Å². The van der Waals surface area contributed by atoms with Gasteiger partial charge in [-0.3, -0.25) is 4.79 Å². The first-order valence-electron chi connectivity index (χ1n) is 6.43. The molecule has 0 aliphatic carbocycles. The summed E-state index contributed by atoms with van der Waals surface area (Å²) in [4.78, 5) is 12.3. The van der Waals surface area contributed by atoms with Gasteiger partial charge >= 0.3 is 0 Å². The van der Waals surface area contributed by atoms with Crippen LogP contribution in [-0.4, -0.2) is 12.5 Å². The van der Waals surface area contributed by atoms with Gasteiger partial charge in [-0.2, -0.15) is 0 Å². The van der Waals surface area contributed by atoms with Crippen molar-refractivity contribution in [3.8, 4) is 5.75 Å². The number of rotatable bonds is 2. The molecule has 20 heavy (non-hydrogen) atoms. The summed E-state index contributed by atoms with van der Waals surface area (Å²) < 4.78 is 6.48. The Bertz CT molecular complexity index is 649. The summed E-state index contributed by atoms with van der Waals surface area (Å²) in [7, 11) is 0. The van der Waals surface area contributed by atoms with Gasteiger partial charge in [0.1, 0.15) is 12.4 Å². The lowest BCUT2D eigenvalue weighted by atomic mass is 10.1. The zero-order valence-electron chi connectivity index (χ0n) is 11.0. The van der Waals surface area contributed by atoms with Crippen LogP contribution >= 0.6 is 15.9 Å². The van der Waals surface area contributed by atoms with Gasteiger partial charge in [0.25, 0.3) is 5.91 Å². The highest BCUT2D eigenvalue weighted by atomic mass is 79.9. The number of amides is 1. The van der Waals surface area contributed by atoms with E-state index in [-0.39, 0.29) is 11.9 Å². The Kier molecular flexibility index (Phi) is 3.49. The second-order valence-electron chi connectivity index (χ2n) is 4.89. The topological polar surface area (TPSA) is 38.3 Å². The lowest BCUT2D eigenvalue weighted by Crippen LogP contribution is -2.29. The number of halogens is 1. The van der Waals surface area contributed by atoms with E-state index in [2.05, 4.69) is 21.2 Å². The van der Waals surface area contributed by atoms with E-state index in [9.17, 15) is 4.79 Å². The van der Waals surface area contributed by atoms with Gasteiger partial charge in [0, 0.05) is 15.6 Å². The molecular weight excluding hydrogens is 318 g/mol. The molecule has 1 atom stereocenters. The molecule has 0 spiro atoms. The van der Waals surface area contributed by atoms with Crippen molar-refractivity contribution < 1.29 is 9.53 Å². The maximum absolute atomic E-state index is 12.3. The third-order valence-electron chi connectivity index (χ3n) is 3.31. The van der Waals surface area contributed by atoms with Crippen molar-refractivity contribution in [1.29, 1.82) is 0 Å². The molecule has 1 unspecified atom stereocenters. The summed E-state index contributed by atoms with van der Waals surface area (Å²) in [6, 6.07) is 13.4. The Labute approximate surface area is 126 Å². The highest BCUT2D eigenvalue weighted by Gasteiger charge is 2.25. The molecule has 0 saturated carbocycles. The summed E-state index contributed by atoms with van der Waals surface area (Å²) in [6.07, 6.45) is 0. The quantitative estimate of drug-likeness (QED) is 0.912. The largest absolute Gasteiger partial charge is 0.491 e. The summed E-state index contributed by atoms with van der Waals surface area (Å²) in [6.45, 7) is 2.45. The summed E-state index contributed by atoms with van der Waals surface area (Å²) >= 11 is 3.42. The highest BCUT2D eigenvalue weighted by Crippen LogP contribution is 2.31. The predicted octanol–water partition coefficient (Wildman–Crippen LogP) is 3.62. The first-order valence-corrected chi connectivity index (χ1v) is 7.22. The van der Waals surface area contributed by atoms with E-state index in [1.54, 1.807) is 0 Å². The normalized spacial score (nSPS) is 16.4. The van der Waals surface area contributed by atoms with Gasteiger partial charge in [0.05, 0.1) is 6.04 Å². The Balaban J connectivity index is 1.80. The molecular formula is C16H14BrNO2. The molecule has 0 bridgehead atoms. The monoisotopic (exact) mass is 331 g/mol. The molecule has 2 aromatic carbocycles. The van der Waals surface area contributed by atoms with Crippen LogP contribution in [0.3, 0.4) is 0 Å². The van der Waals surface area contributed by atoms with Crippen molar-refractivity contribution in [3.05, 3.63) is 63.6 Å². The van der Waals surface area contributed by atoms with E-state index in [1.165, 1.54) is 0 Å². The molecule has 4 heteroatoms. The van der Waals surface area contributed by atoms with Crippen LogP contribution in [-0.2, 0) is 0 Å². The second-order valence-corrected chi connectivity index (χ2v) is 5.81. The van der Waals surface area contributed by atoms with Crippen molar-refractivity contribution in [2.45, 2.75) is 13.0 Å². The summed E-state index contributed by atoms with van der Waals surface area (Å²) in [5.41, 5.74) is 2.74. The van der Waals surface area contributed by atoms with Gasteiger partial charge in [0.2, 0.25) is 0 Å². The number of fused-ring (bicyclic) bond motifs is 1. The molecule has 3 nitrogen and oxygen atoms in total. The summed E-state index contributed by atoms with van der Waals surface area (Å²) in [5.74, 6) is 0.767. The van der Waals surface area contributed by atoms with Gasteiger partial charge in [-0.15, -0.1) is 0 Å². The molecule has 0 saturated heterocycles. The van der Waals surface area contributed by atoms with E-state index < -0.39 is 0 Å². The molecule has 1 aliphatic heterocycles. The van der Waals surface area contributed by atoms with Crippen LogP contribution in [0.2, 0.25) is 0 Å². The maximum atomic E-state index is 12.3. The Morgan fingerprint density at radius 3 is 2.90 bits per heavy atom. The third-order valence-corrected chi connectivity index (χ3v) is 3.77. The molecule has 1 aliphatic rings. The van der Waals surface area contributed by atoms with Crippen LogP contribution in [0.5, 0.6) is 5.75 Å². The Hall–Kier alpha value is -1.81. The van der Waals surface area contributed by atoms with Crippen molar-refractivity contribution in [2.75, 3.05) is 6.61 Å². The van der Waals surface area contributed by atoms with E-state index in [4.69, 9.17) is 4.74 Å². The molecule has 3 rings (SSSR count). The van der Waals surface area contributed by atoms with Gasteiger partial charge in [-0.05, 0) is 36.8 Å². The van der Waals surface area contributed by atoms with E-state index in [1.807, 2.05) is 49.4 Å². The minimum Gasteiger partial charge on any atom is -0.491 e. The van der Waals surface area contributed by atoms with E-state index >= 15 is 0 Å². The number of hydrogen-bond acceptors (Lipinski definition) is 2. The molecule has 1 amide bonds. The number of benzene rings is 2. The molecule has 1 heterocycles. The van der Waals surface area contributed by atoms with Crippen molar-refractivity contribution in [1.82, 2.24) is 5.32 Å². The number of aryl methyl sites for hydroxylation is 1. The van der Waals surface area contributed by atoms with Gasteiger partial charge in [-0.25, -0.2) is 0 Å². The number of ether oxygens (including phenoxy) is 1. The molecule has 2 aromatic rings. The first-order chi connectivity index (χ1) is 9.63. The lowest BCUT2D eigenvalue weighted by molar-refractivity contribution is 0.0930. The van der Waals surface area contributed by atoms with Gasteiger partial charge in [0.15, 0.2) is 0 Å². The SMILES string of the molecule is Cc1cc(Br)cc(C(=O)NC2COc3ccccc32)c1. The molecule has 1 N–H and O–H groups in total. The maximum Gasteiger partial charge on any atom is 0.251 e. The minimum atomic E-state index is -0.0852. The van der Waals surface area contributed by atoms with Crippen molar-refractivity contribution >= 4 is 21.8 Å². The fourth-order valence-corrected chi connectivity index (χ4v) is 3.00. The number of carbonyl (C=O) groups excluding carboxylic acids is 1. The standard InChI is InChI=1S/C16H14BrNO2/c1-10-6-11(8-12(17)7-10)16(19)18-14-9-20-15-5-3-2-4-13(14)15/h2-8,14H,9H2,1H3,(H,18,19). The lowest BCUT2D eigenvalue weighted by Gasteiger charge is -2.12. The van der Waals surface area contributed by atoms with Crippen LogP contribution in [0.1, 0.15) is 27.5 Å². The smallest absolute Gasteiger partial charge is 0.251 e. The third kappa shape index (κ3) is 2.56. The fraction of sp³-hybridized carbons (Fsp3) is 0.188. The number of para-hydroxylation sites is 1. The summed E-state index contributed by atoms with van der Waals surface area (Å²) in [5, 5.41) is 3.02. The average molecular weight is 332 g/mol. The van der Waals surface area contributed by atoms with Crippen LogP contribution in [0.15, 0.2) is 46.9 Å². The van der Waals surface area contributed by atoms with Crippen LogP contribution in [0.25, 0.3) is 0 Å². The molecule has 102 valence electrons. The molecule has 0 radical (unpaired) electrons. The van der Waals surface area contributed by atoms with Crippen LogP contribution in [0.4, 0.5) is 0 Å². The van der Waals surface area contributed by atoms with Crippen molar-refractivity contribution in [2.24, 2.45) is 0 Å². The zero-order chi connectivity index (χ0) is 14.1. The number of nitrogens with one attached hydrogen (secondary N) is 1. The molecule has 0 aromatic heterocycles. The number of hydrogen-bond donors (Lipinski definition) is 1. The van der Waals surface area contributed by atoms with E-state index in [0.717, 1.165) is 21.3 Å². The van der Waals surface area contributed by atoms with Crippen LogP contribution in [0, 0.1) is 6.92 Å². The Morgan fingerprint density at radius 1 is 1.30 bits per heavy atom. The van der Waals surface area contributed by atoms with Crippen molar-refractivity contribution in [3.63, 3.8) is 0 Å². The predicted molar refractivity (Wildman–Crippen MR) is 81.0 cm³/mol. The zero-order valence-corrected chi connectivity index (χ0v) is 12.6. The average Bonchev–Trinajstić information content (AvgIpc) is 2.81. The van der Waals surface area contributed by atoms with Crippen LogP contribution < -0.4 is 10.1 Å². The Morgan fingerprint density at radius 2 is 2.10 bits per heavy atom. The first kappa shape index (κ1) is 13.2. The highest BCUT2D eigenvalue weighted by molar-refractivity contribution is 9.10. The van der Waals surface area contributed by atoms with Gasteiger partial charge in [-0.1, -0.05) is 34.1 Å².